The molecule has 1 fully saturated rings. The fraction of sp³-hybridized carbons (Fsp3) is 0.333. The lowest BCUT2D eigenvalue weighted by Gasteiger charge is -2.41. The Kier molecular flexibility index (Phi) is 5.14. The van der Waals surface area contributed by atoms with E-state index >= 15 is 0 Å². The summed E-state index contributed by atoms with van der Waals surface area (Å²) in [5.74, 6) is 0.120. The zero-order valence-electron chi connectivity index (χ0n) is 16.4. The predicted octanol–water partition coefficient (Wildman–Crippen LogP) is 1.63. The molecule has 1 unspecified atom stereocenters. The van der Waals surface area contributed by atoms with Crippen molar-refractivity contribution in [2.45, 2.75) is 23.9 Å². The number of hydrogen-bond acceptors (Lipinski definition) is 5. The average Bonchev–Trinajstić information content (AvgIpc) is 2.98. The molecule has 7 nitrogen and oxygen atoms in total. The van der Waals surface area contributed by atoms with Crippen LogP contribution in [0.1, 0.15) is 24.1 Å². The summed E-state index contributed by atoms with van der Waals surface area (Å²) in [6.07, 6.45) is 0. The van der Waals surface area contributed by atoms with Crippen molar-refractivity contribution in [3.8, 4) is 0 Å². The van der Waals surface area contributed by atoms with E-state index in [1.807, 2.05) is 42.3 Å². The van der Waals surface area contributed by atoms with Crippen molar-refractivity contribution in [2.24, 2.45) is 4.99 Å². The third kappa shape index (κ3) is 3.77. The molecule has 1 N–H and O–H groups in total. The van der Waals surface area contributed by atoms with Crippen molar-refractivity contribution in [3.05, 3.63) is 65.7 Å². The van der Waals surface area contributed by atoms with Crippen LogP contribution in [0.4, 0.5) is 0 Å². The Labute approximate surface area is 171 Å². The fourth-order valence-corrected chi connectivity index (χ4v) is 5.10. The second kappa shape index (κ2) is 7.61. The molecule has 2 aromatic carbocycles. The molecule has 0 aromatic heterocycles. The zero-order chi connectivity index (χ0) is 20.6. The molecule has 0 saturated carbocycles. The van der Waals surface area contributed by atoms with Gasteiger partial charge in [-0.15, -0.1) is 0 Å². The van der Waals surface area contributed by atoms with E-state index in [-0.39, 0.29) is 22.7 Å². The zero-order valence-corrected chi connectivity index (χ0v) is 17.3. The summed E-state index contributed by atoms with van der Waals surface area (Å²) >= 11 is 0. The maximum atomic E-state index is 13.3. The van der Waals surface area contributed by atoms with Gasteiger partial charge in [-0.1, -0.05) is 42.5 Å². The number of carbonyl (C=O) groups is 1. The van der Waals surface area contributed by atoms with E-state index in [9.17, 15) is 13.2 Å². The van der Waals surface area contributed by atoms with E-state index < -0.39 is 16.1 Å². The Morgan fingerprint density at radius 1 is 1.10 bits per heavy atom. The first kappa shape index (κ1) is 19.6. The summed E-state index contributed by atoms with van der Waals surface area (Å²) in [5, 5.41) is 0. The summed E-state index contributed by atoms with van der Waals surface area (Å²) < 4.78 is 27.1. The molecule has 0 spiro atoms. The van der Waals surface area contributed by atoms with E-state index in [0.29, 0.717) is 12.1 Å². The molecular weight excluding hydrogens is 388 g/mol. The maximum Gasteiger partial charge on any atom is 0.263 e. The molecule has 0 bridgehead atoms. The molecule has 0 aliphatic carbocycles. The van der Waals surface area contributed by atoms with Gasteiger partial charge in [-0.2, -0.15) is 0 Å². The highest BCUT2D eigenvalue weighted by Crippen LogP contribution is 2.27. The minimum Gasteiger partial charge on any atom is -0.331 e. The fourth-order valence-electron chi connectivity index (χ4n) is 3.86. The molecule has 29 heavy (non-hydrogen) atoms. The van der Waals surface area contributed by atoms with Crippen LogP contribution in [0.15, 0.2) is 64.5 Å². The van der Waals surface area contributed by atoms with E-state index in [1.165, 1.54) is 0 Å². The number of rotatable bonds is 3. The topological polar surface area (TPSA) is 82.1 Å². The van der Waals surface area contributed by atoms with Crippen LogP contribution in [0.2, 0.25) is 0 Å². The molecule has 2 aliphatic rings. The number of sulfonamides is 1. The lowest BCUT2D eigenvalue weighted by molar-refractivity contribution is -0.137. The highest BCUT2D eigenvalue weighted by atomic mass is 32.2. The van der Waals surface area contributed by atoms with Crippen LogP contribution < -0.4 is 4.72 Å². The van der Waals surface area contributed by atoms with Crippen molar-refractivity contribution in [3.63, 3.8) is 0 Å². The Hall–Kier alpha value is -2.71. The van der Waals surface area contributed by atoms with Crippen LogP contribution in [0.3, 0.4) is 0 Å². The molecular formula is C21H24N4O3S. The smallest absolute Gasteiger partial charge is 0.263 e. The number of carbonyl (C=O) groups excluding carboxylic acids is 1. The number of likely N-dealkylation sites (N-methyl/N-ethyl adjacent to an activating group) is 1. The average molecular weight is 413 g/mol. The molecule has 2 aliphatic heterocycles. The van der Waals surface area contributed by atoms with Gasteiger partial charge in [0.15, 0.2) is 0 Å². The summed E-state index contributed by atoms with van der Waals surface area (Å²) in [6.45, 7) is 3.85. The SMILES string of the molecule is C[C@H](N=C1NS(=O)(=O)c2ccccc21)C(=O)N1CCN(C)CC1c1ccccc1. The first-order valence-corrected chi connectivity index (χ1v) is 11.1. The number of hydrogen-bond donors (Lipinski definition) is 1. The number of aliphatic imine (C=N–C) groups is 1. The standard InChI is InChI=1S/C21H24N4O3S/c1-15(22-20-17-10-6-7-11-19(17)29(27,28)23-20)21(26)25-13-12-24(2)14-18(25)16-8-4-3-5-9-16/h3-11,15,18H,12-14H2,1-2H3,(H,22,23)/t15-,18?/m0/s1. The Balaban J connectivity index is 1.61. The number of benzene rings is 2. The second-order valence-electron chi connectivity index (χ2n) is 7.48. The van der Waals surface area contributed by atoms with Gasteiger partial charge in [0.05, 0.1) is 10.9 Å². The van der Waals surface area contributed by atoms with Crippen molar-refractivity contribution < 1.29 is 13.2 Å². The Morgan fingerprint density at radius 2 is 1.79 bits per heavy atom. The van der Waals surface area contributed by atoms with Crippen LogP contribution >= 0.6 is 0 Å². The molecule has 1 amide bonds. The van der Waals surface area contributed by atoms with Gasteiger partial charge >= 0.3 is 0 Å². The normalized spacial score (nSPS) is 23.4. The highest BCUT2D eigenvalue weighted by molar-refractivity contribution is 7.90. The van der Waals surface area contributed by atoms with Crippen molar-refractivity contribution in [1.82, 2.24) is 14.5 Å². The van der Waals surface area contributed by atoms with Crippen LogP contribution in [-0.2, 0) is 14.8 Å². The van der Waals surface area contributed by atoms with Gasteiger partial charge in [0.25, 0.3) is 10.0 Å². The summed E-state index contributed by atoms with van der Waals surface area (Å²) in [4.78, 5) is 22.0. The van der Waals surface area contributed by atoms with Crippen LogP contribution in [-0.4, -0.2) is 62.7 Å². The van der Waals surface area contributed by atoms with Gasteiger partial charge in [0.1, 0.15) is 11.9 Å². The van der Waals surface area contributed by atoms with Gasteiger partial charge in [-0.3, -0.25) is 14.5 Å². The number of piperazine rings is 1. The molecule has 8 heteroatoms. The number of nitrogens with zero attached hydrogens (tertiary/aromatic N) is 3. The second-order valence-corrected chi connectivity index (χ2v) is 9.13. The van der Waals surface area contributed by atoms with Crippen LogP contribution in [0, 0.1) is 0 Å². The third-order valence-corrected chi connectivity index (χ3v) is 6.79. The molecule has 2 aromatic rings. The summed E-state index contributed by atoms with van der Waals surface area (Å²) in [7, 11) is -1.58. The Morgan fingerprint density at radius 3 is 2.55 bits per heavy atom. The third-order valence-electron chi connectivity index (χ3n) is 5.39. The molecule has 0 radical (unpaired) electrons. The van der Waals surface area contributed by atoms with E-state index in [4.69, 9.17) is 0 Å². The van der Waals surface area contributed by atoms with Gasteiger partial charge < -0.3 is 9.80 Å². The van der Waals surface area contributed by atoms with Crippen LogP contribution in [0.25, 0.3) is 0 Å². The largest absolute Gasteiger partial charge is 0.331 e. The van der Waals surface area contributed by atoms with Crippen molar-refractivity contribution >= 4 is 21.8 Å². The number of fused-ring (bicyclic) bond motifs is 1. The Bertz CT molecular complexity index is 1050. The first-order chi connectivity index (χ1) is 13.9. The minimum atomic E-state index is -3.62. The lowest BCUT2D eigenvalue weighted by Crippen LogP contribution is -2.51. The van der Waals surface area contributed by atoms with Crippen molar-refractivity contribution in [2.75, 3.05) is 26.7 Å². The van der Waals surface area contributed by atoms with Gasteiger partial charge in [0, 0.05) is 25.2 Å². The van der Waals surface area contributed by atoms with E-state index in [0.717, 1.165) is 18.7 Å². The van der Waals surface area contributed by atoms with Gasteiger partial charge in [0.2, 0.25) is 5.91 Å². The predicted molar refractivity (Wildman–Crippen MR) is 111 cm³/mol. The molecule has 152 valence electrons. The van der Waals surface area contributed by atoms with Crippen LogP contribution in [0.5, 0.6) is 0 Å². The molecule has 2 heterocycles. The highest BCUT2D eigenvalue weighted by Gasteiger charge is 2.35. The molecule has 4 rings (SSSR count). The maximum absolute atomic E-state index is 13.3. The summed E-state index contributed by atoms with van der Waals surface area (Å²) in [6, 6.07) is 15.9. The number of nitrogens with one attached hydrogen (secondary N) is 1. The van der Waals surface area contributed by atoms with Gasteiger partial charge in [-0.05, 0) is 31.7 Å². The number of amidine groups is 1. The quantitative estimate of drug-likeness (QED) is 0.831. The number of amides is 1. The first-order valence-electron chi connectivity index (χ1n) is 9.61. The monoisotopic (exact) mass is 412 g/mol. The van der Waals surface area contributed by atoms with Gasteiger partial charge in [-0.25, -0.2) is 8.42 Å². The lowest BCUT2D eigenvalue weighted by atomic mass is 10.0. The molecule has 1 saturated heterocycles. The van der Waals surface area contributed by atoms with E-state index in [1.54, 1.807) is 31.2 Å². The van der Waals surface area contributed by atoms with Crippen molar-refractivity contribution in [1.29, 1.82) is 0 Å². The minimum absolute atomic E-state index is 0.0577. The summed E-state index contributed by atoms with van der Waals surface area (Å²) in [5.41, 5.74) is 1.59. The molecule has 2 atom stereocenters. The van der Waals surface area contributed by atoms with E-state index in [2.05, 4.69) is 14.6 Å².